The van der Waals surface area contributed by atoms with Crippen molar-refractivity contribution in [1.29, 1.82) is 0 Å². The number of thiazole rings is 1. The van der Waals surface area contributed by atoms with Crippen molar-refractivity contribution >= 4 is 40.7 Å². The van der Waals surface area contributed by atoms with Gasteiger partial charge in [0, 0.05) is 40.9 Å². The summed E-state index contributed by atoms with van der Waals surface area (Å²) in [7, 11) is 1.30. The zero-order chi connectivity index (χ0) is 22.7. The summed E-state index contributed by atoms with van der Waals surface area (Å²) in [5.74, 6) is -1.08. The molecule has 0 radical (unpaired) electrons. The van der Waals surface area contributed by atoms with Crippen LogP contribution < -0.4 is 5.32 Å². The number of carboxylic acid groups (broad SMARTS) is 1. The van der Waals surface area contributed by atoms with Gasteiger partial charge in [0.25, 0.3) is 0 Å². The second-order valence-corrected chi connectivity index (χ2v) is 8.45. The number of hydrogen-bond acceptors (Lipinski definition) is 9. The summed E-state index contributed by atoms with van der Waals surface area (Å²) in [4.78, 5) is 35.5. The molecule has 0 bridgehead atoms. The number of rotatable bonds is 6. The number of carboxylic acids is 1. The first-order valence-corrected chi connectivity index (χ1v) is 11.1. The van der Waals surface area contributed by atoms with E-state index in [0.717, 1.165) is 0 Å². The van der Waals surface area contributed by atoms with Crippen LogP contribution in [0.5, 0.6) is 0 Å². The van der Waals surface area contributed by atoms with Crippen LogP contribution in [0.15, 0.2) is 52.1 Å². The van der Waals surface area contributed by atoms with Gasteiger partial charge in [0.1, 0.15) is 12.1 Å². The number of nitrogens with zero attached hydrogens (tertiary/aromatic N) is 3. The summed E-state index contributed by atoms with van der Waals surface area (Å²) in [6.45, 7) is 1.02. The first-order chi connectivity index (χ1) is 15.5. The average Bonchev–Trinajstić information content (AvgIpc) is 3.34. The highest BCUT2D eigenvalue weighted by Crippen LogP contribution is 2.36. The number of hydrogen-bond donors (Lipinski definition) is 2. The summed E-state index contributed by atoms with van der Waals surface area (Å²) < 4.78 is 10.4. The fourth-order valence-electron chi connectivity index (χ4n) is 3.70. The maximum absolute atomic E-state index is 12.9. The number of amidine groups is 1. The van der Waals surface area contributed by atoms with Crippen LogP contribution in [-0.4, -0.2) is 72.2 Å². The van der Waals surface area contributed by atoms with Gasteiger partial charge in [0.15, 0.2) is 10.8 Å². The Morgan fingerprint density at radius 3 is 2.91 bits per heavy atom. The van der Waals surface area contributed by atoms with E-state index in [4.69, 9.17) is 26.1 Å². The third-order valence-corrected chi connectivity index (χ3v) is 6.38. The van der Waals surface area contributed by atoms with Crippen molar-refractivity contribution in [2.45, 2.75) is 12.1 Å². The molecule has 1 aromatic carbocycles. The highest BCUT2D eigenvalue weighted by atomic mass is 35.5. The molecule has 2 atom stereocenters. The first-order valence-electron chi connectivity index (χ1n) is 9.84. The number of aromatic nitrogens is 1. The van der Waals surface area contributed by atoms with E-state index in [1.807, 2.05) is 11.4 Å². The zero-order valence-corrected chi connectivity index (χ0v) is 18.7. The predicted octanol–water partition coefficient (Wildman–Crippen LogP) is 2.10. The Morgan fingerprint density at radius 2 is 2.22 bits per heavy atom. The Balaban J connectivity index is 1.81. The number of aliphatic carboxylic acids is 1. The number of nitrogens with one attached hydrogen (secondary N) is 1. The third-order valence-electron chi connectivity index (χ3n) is 5.25. The average molecular weight is 477 g/mol. The molecule has 9 nitrogen and oxygen atoms in total. The molecule has 168 valence electrons. The smallest absolute Gasteiger partial charge is 0.338 e. The molecule has 0 unspecified atom stereocenters. The largest absolute Gasteiger partial charge is 0.480 e. The molecule has 1 fully saturated rings. The molecular weight excluding hydrogens is 456 g/mol. The van der Waals surface area contributed by atoms with Gasteiger partial charge >= 0.3 is 11.9 Å². The van der Waals surface area contributed by atoms with Crippen molar-refractivity contribution in [1.82, 2.24) is 15.2 Å². The van der Waals surface area contributed by atoms with Crippen LogP contribution >= 0.6 is 22.9 Å². The van der Waals surface area contributed by atoms with E-state index < -0.39 is 24.0 Å². The van der Waals surface area contributed by atoms with E-state index >= 15 is 0 Å². The molecule has 2 N–H and O–H groups in total. The molecule has 0 saturated carbocycles. The Labute approximate surface area is 193 Å². The minimum atomic E-state index is -0.989. The highest BCUT2D eigenvalue weighted by molar-refractivity contribution is 7.11. The van der Waals surface area contributed by atoms with Gasteiger partial charge in [-0.3, -0.25) is 14.7 Å². The van der Waals surface area contributed by atoms with Gasteiger partial charge in [-0.2, -0.15) is 0 Å². The number of aliphatic imine (C=N–C) groups is 1. The first kappa shape index (κ1) is 22.4. The number of morpholine rings is 1. The Hall–Kier alpha value is -2.79. The van der Waals surface area contributed by atoms with Crippen LogP contribution in [-0.2, 0) is 19.1 Å². The van der Waals surface area contributed by atoms with E-state index in [1.165, 1.54) is 18.4 Å². The Morgan fingerprint density at radius 1 is 1.41 bits per heavy atom. The summed E-state index contributed by atoms with van der Waals surface area (Å²) in [6.07, 6.45) is 1.66. The number of ether oxygens (including phenoxy) is 2. The van der Waals surface area contributed by atoms with E-state index in [1.54, 1.807) is 29.3 Å². The zero-order valence-electron chi connectivity index (χ0n) is 17.2. The predicted molar refractivity (Wildman–Crippen MR) is 119 cm³/mol. The highest BCUT2D eigenvalue weighted by Gasteiger charge is 2.36. The number of benzene rings is 1. The van der Waals surface area contributed by atoms with Gasteiger partial charge in [0.2, 0.25) is 0 Å². The molecule has 0 aliphatic carbocycles. The number of carbonyl (C=O) groups excluding carboxylic acids is 1. The number of carbonyl (C=O) groups is 2. The Kier molecular flexibility index (Phi) is 6.85. The van der Waals surface area contributed by atoms with E-state index in [0.29, 0.717) is 40.3 Å². The standard InChI is InChI=1S/C21H21ClN4O5S/c1-30-21(29)16-14(10-26-7-8-31-11-15(26)20(27)28)24-18(19-23-6-9-32-19)25-17(16)12-4-2-3-5-13(12)22/h2-6,9,15,17H,7-8,10-11H2,1H3,(H,24,25)(H,27,28)/t15-,17-/m0/s1. The fourth-order valence-corrected chi connectivity index (χ4v) is 4.53. The van der Waals surface area contributed by atoms with E-state index in [9.17, 15) is 14.7 Å². The van der Waals surface area contributed by atoms with Gasteiger partial charge in [-0.25, -0.2) is 9.78 Å². The van der Waals surface area contributed by atoms with Crippen LogP contribution in [0.25, 0.3) is 0 Å². The lowest BCUT2D eigenvalue weighted by Crippen LogP contribution is -2.52. The van der Waals surface area contributed by atoms with E-state index in [2.05, 4.69) is 10.3 Å². The molecule has 2 aliphatic heterocycles. The minimum absolute atomic E-state index is 0.0670. The number of halogens is 1. The lowest BCUT2D eigenvalue weighted by Gasteiger charge is -2.35. The lowest BCUT2D eigenvalue weighted by atomic mass is 9.95. The summed E-state index contributed by atoms with van der Waals surface area (Å²) in [5.41, 5.74) is 1.41. The second kappa shape index (κ2) is 9.78. The summed E-state index contributed by atoms with van der Waals surface area (Å²) in [6, 6.07) is 5.57. The quantitative estimate of drug-likeness (QED) is 0.609. The van der Waals surface area contributed by atoms with Gasteiger partial charge < -0.3 is 19.9 Å². The van der Waals surface area contributed by atoms with Crippen molar-refractivity contribution in [3.05, 3.63) is 62.7 Å². The fraction of sp³-hybridized carbons (Fsp3) is 0.333. The van der Waals surface area contributed by atoms with Gasteiger partial charge in [0.05, 0.1) is 25.9 Å². The van der Waals surface area contributed by atoms with Gasteiger partial charge in [-0.05, 0) is 6.07 Å². The summed E-state index contributed by atoms with van der Waals surface area (Å²) in [5, 5.41) is 15.8. The van der Waals surface area contributed by atoms with Crippen molar-refractivity contribution in [3.8, 4) is 0 Å². The SMILES string of the molecule is COC(=O)C1=C(CN2CCOC[C@H]2C(=O)O)NC(c2nccs2)=N[C@H]1c1ccccc1Cl. The van der Waals surface area contributed by atoms with E-state index in [-0.39, 0.29) is 18.7 Å². The third kappa shape index (κ3) is 4.53. The maximum Gasteiger partial charge on any atom is 0.338 e. The molecule has 3 heterocycles. The Bertz CT molecular complexity index is 1070. The molecule has 2 aromatic rings. The van der Waals surface area contributed by atoms with Crippen molar-refractivity contribution in [3.63, 3.8) is 0 Å². The molecule has 32 heavy (non-hydrogen) atoms. The normalized spacial score (nSPS) is 21.6. The lowest BCUT2D eigenvalue weighted by molar-refractivity contribution is -0.149. The molecule has 4 rings (SSSR count). The molecule has 11 heteroatoms. The molecule has 0 spiro atoms. The number of methoxy groups -OCH3 is 1. The van der Waals surface area contributed by atoms with Gasteiger partial charge in [-0.15, -0.1) is 11.3 Å². The minimum Gasteiger partial charge on any atom is -0.480 e. The topological polar surface area (TPSA) is 113 Å². The van der Waals surface area contributed by atoms with Crippen LogP contribution in [0.4, 0.5) is 0 Å². The van der Waals surface area contributed by atoms with Crippen LogP contribution in [0.2, 0.25) is 5.02 Å². The monoisotopic (exact) mass is 476 g/mol. The van der Waals surface area contributed by atoms with Crippen molar-refractivity contribution in [2.24, 2.45) is 4.99 Å². The second-order valence-electron chi connectivity index (χ2n) is 7.15. The molecule has 2 aliphatic rings. The van der Waals surface area contributed by atoms with Crippen molar-refractivity contribution < 1.29 is 24.2 Å². The summed E-state index contributed by atoms with van der Waals surface area (Å²) >= 11 is 7.86. The van der Waals surface area contributed by atoms with Crippen LogP contribution in [0.3, 0.4) is 0 Å². The van der Waals surface area contributed by atoms with Crippen molar-refractivity contribution in [2.75, 3.05) is 33.4 Å². The molecule has 0 amide bonds. The van der Waals surface area contributed by atoms with Crippen LogP contribution in [0.1, 0.15) is 16.6 Å². The van der Waals surface area contributed by atoms with Gasteiger partial charge in [-0.1, -0.05) is 29.8 Å². The number of esters is 1. The maximum atomic E-state index is 12.9. The molecular formula is C21H21ClN4O5S. The molecule has 1 aromatic heterocycles. The van der Waals surface area contributed by atoms with Crippen LogP contribution in [0, 0.1) is 0 Å². The molecule has 1 saturated heterocycles.